The summed E-state index contributed by atoms with van der Waals surface area (Å²) in [6, 6.07) is 16.3. The van der Waals surface area contributed by atoms with Crippen LogP contribution in [-0.2, 0) is 0 Å². The summed E-state index contributed by atoms with van der Waals surface area (Å²) in [6.07, 6.45) is 3.35. The summed E-state index contributed by atoms with van der Waals surface area (Å²) in [5.74, 6) is 0.278. The van der Waals surface area contributed by atoms with Crippen LogP contribution in [0.15, 0.2) is 67.0 Å². The summed E-state index contributed by atoms with van der Waals surface area (Å²) in [4.78, 5) is 8.82. The first-order valence-corrected chi connectivity index (χ1v) is 7.14. The van der Waals surface area contributed by atoms with Gasteiger partial charge in [-0.2, -0.15) is 0 Å². The first-order chi connectivity index (χ1) is 11.2. The number of halogens is 1. The van der Waals surface area contributed by atoms with Gasteiger partial charge in [0.25, 0.3) is 0 Å². The number of hydrogen-bond acceptors (Lipinski definition) is 4. The Hall–Kier alpha value is -3.05. The van der Waals surface area contributed by atoms with Crippen molar-refractivity contribution >= 4 is 18.1 Å². The molecule has 0 fully saturated rings. The van der Waals surface area contributed by atoms with Crippen LogP contribution in [0.1, 0.15) is 0 Å². The molecule has 0 spiro atoms. The smallest absolute Gasteiger partial charge is 0.224 e. The topological polar surface area (TPSA) is 70.7 Å². The van der Waals surface area contributed by atoms with Crippen molar-refractivity contribution in [1.29, 1.82) is 0 Å². The Labute approximate surface area is 144 Å². The molecule has 2 aromatic carbocycles. The summed E-state index contributed by atoms with van der Waals surface area (Å²) >= 11 is 0. The number of phenolic OH excluding ortho intramolecular Hbond substituents is 1. The number of benzene rings is 2. The third-order valence-corrected chi connectivity index (χ3v) is 3.69. The normalized spacial score (nSPS) is 10.5. The first kappa shape index (κ1) is 15.8. The van der Waals surface area contributed by atoms with Crippen LogP contribution < -0.4 is 0 Å². The minimum Gasteiger partial charge on any atom is -0.508 e. The number of phenols is 1. The fraction of sp³-hybridized carbons (Fsp3) is 0. The third kappa shape index (κ3) is 2.66. The molecule has 0 saturated heterocycles. The van der Waals surface area contributed by atoms with Gasteiger partial charge in [-0.05, 0) is 24.3 Å². The van der Waals surface area contributed by atoms with Gasteiger partial charge < -0.3 is 10.2 Å². The highest BCUT2D eigenvalue weighted by Gasteiger charge is 2.14. The number of nitrogens with zero attached hydrogens (tertiary/aromatic N) is 3. The second-order valence-electron chi connectivity index (χ2n) is 5.20. The molecule has 0 saturated carbocycles. The Morgan fingerprint density at radius 3 is 2.25 bits per heavy atom. The summed E-state index contributed by atoms with van der Waals surface area (Å²) in [5, 5.41) is 19.9. The molecular formula is C18H14ClN3O2. The van der Waals surface area contributed by atoms with Gasteiger partial charge in [0, 0.05) is 17.3 Å². The van der Waals surface area contributed by atoms with Gasteiger partial charge in [0.05, 0.1) is 11.9 Å². The standard InChI is InChI=1S/C18H13N3O2.ClH/c22-14-8-6-12(7-9-14)15-11-21-16(10-19-15)20-17(18(21)23)13-4-2-1-3-5-13;/h1-11,22-23H;1H. The highest BCUT2D eigenvalue weighted by molar-refractivity contribution is 5.85. The fourth-order valence-corrected chi connectivity index (χ4v) is 2.51. The van der Waals surface area contributed by atoms with Crippen molar-refractivity contribution in [3.05, 3.63) is 67.0 Å². The van der Waals surface area contributed by atoms with Gasteiger partial charge >= 0.3 is 0 Å². The van der Waals surface area contributed by atoms with Gasteiger partial charge in [-0.25, -0.2) is 4.98 Å². The Morgan fingerprint density at radius 2 is 1.54 bits per heavy atom. The highest BCUT2D eigenvalue weighted by Crippen LogP contribution is 2.30. The maximum absolute atomic E-state index is 10.5. The van der Waals surface area contributed by atoms with Crippen molar-refractivity contribution in [3.63, 3.8) is 0 Å². The quantitative estimate of drug-likeness (QED) is 0.581. The van der Waals surface area contributed by atoms with Crippen LogP contribution in [-0.4, -0.2) is 24.6 Å². The van der Waals surface area contributed by atoms with Crippen LogP contribution in [0.5, 0.6) is 11.6 Å². The van der Waals surface area contributed by atoms with Crippen LogP contribution in [0.25, 0.3) is 28.2 Å². The van der Waals surface area contributed by atoms with Crippen molar-refractivity contribution in [2.45, 2.75) is 0 Å². The lowest BCUT2D eigenvalue weighted by Gasteiger charge is -2.03. The van der Waals surface area contributed by atoms with E-state index in [0.29, 0.717) is 17.0 Å². The number of fused-ring (bicyclic) bond motifs is 1. The Kier molecular flexibility index (Phi) is 4.10. The lowest BCUT2D eigenvalue weighted by Crippen LogP contribution is -1.90. The number of imidazole rings is 1. The summed E-state index contributed by atoms with van der Waals surface area (Å²) in [6.45, 7) is 0. The molecule has 24 heavy (non-hydrogen) atoms. The monoisotopic (exact) mass is 339 g/mol. The van der Waals surface area contributed by atoms with Crippen LogP contribution >= 0.6 is 12.4 Å². The molecule has 2 aromatic heterocycles. The van der Waals surface area contributed by atoms with E-state index in [1.54, 1.807) is 41.1 Å². The summed E-state index contributed by atoms with van der Waals surface area (Å²) in [7, 11) is 0. The van der Waals surface area contributed by atoms with E-state index >= 15 is 0 Å². The zero-order valence-corrected chi connectivity index (χ0v) is 13.3. The predicted octanol–water partition coefficient (Wildman–Crippen LogP) is 3.90. The molecule has 5 nitrogen and oxygen atoms in total. The molecule has 2 N–H and O–H groups in total. The van der Waals surface area contributed by atoms with Gasteiger partial charge in [0.2, 0.25) is 5.88 Å². The zero-order valence-electron chi connectivity index (χ0n) is 12.5. The molecule has 0 unspecified atom stereocenters. The SMILES string of the molecule is Cl.Oc1ccc(-c2cn3c(O)c(-c4ccccc4)nc3cn2)cc1. The van der Waals surface area contributed by atoms with Crippen molar-refractivity contribution in [2.24, 2.45) is 0 Å². The zero-order chi connectivity index (χ0) is 15.8. The second-order valence-corrected chi connectivity index (χ2v) is 5.20. The van der Waals surface area contributed by atoms with Gasteiger partial charge in [-0.1, -0.05) is 30.3 Å². The molecule has 4 rings (SSSR count). The van der Waals surface area contributed by atoms with E-state index in [4.69, 9.17) is 0 Å². The second kappa shape index (κ2) is 6.22. The van der Waals surface area contributed by atoms with E-state index in [9.17, 15) is 10.2 Å². The van der Waals surface area contributed by atoms with Crippen LogP contribution in [0.2, 0.25) is 0 Å². The van der Waals surface area contributed by atoms with Crippen molar-refractivity contribution in [2.75, 3.05) is 0 Å². The van der Waals surface area contributed by atoms with Crippen molar-refractivity contribution in [3.8, 4) is 34.1 Å². The van der Waals surface area contributed by atoms with Crippen molar-refractivity contribution < 1.29 is 10.2 Å². The number of aromatic nitrogens is 3. The number of rotatable bonds is 2. The van der Waals surface area contributed by atoms with Gasteiger partial charge in [-0.3, -0.25) is 9.38 Å². The Balaban J connectivity index is 0.00000169. The molecule has 4 aromatic rings. The summed E-state index contributed by atoms with van der Waals surface area (Å²) < 4.78 is 1.61. The number of hydrogen-bond donors (Lipinski definition) is 2. The maximum Gasteiger partial charge on any atom is 0.224 e. The molecule has 0 atom stereocenters. The van der Waals surface area contributed by atoms with Crippen LogP contribution in [0, 0.1) is 0 Å². The van der Waals surface area contributed by atoms with E-state index in [-0.39, 0.29) is 24.0 Å². The van der Waals surface area contributed by atoms with E-state index < -0.39 is 0 Å². The minimum atomic E-state index is 0. The molecule has 0 bridgehead atoms. The molecule has 0 amide bonds. The van der Waals surface area contributed by atoms with Gasteiger partial charge in [0.1, 0.15) is 11.4 Å². The van der Waals surface area contributed by atoms with E-state index in [1.165, 1.54) is 0 Å². The van der Waals surface area contributed by atoms with E-state index in [1.807, 2.05) is 30.3 Å². The van der Waals surface area contributed by atoms with E-state index in [0.717, 1.165) is 11.1 Å². The molecular weight excluding hydrogens is 326 g/mol. The van der Waals surface area contributed by atoms with Gasteiger partial charge in [-0.15, -0.1) is 12.4 Å². The van der Waals surface area contributed by atoms with Crippen molar-refractivity contribution in [1.82, 2.24) is 14.4 Å². The maximum atomic E-state index is 10.5. The molecule has 120 valence electrons. The Bertz CT molecular complexity index is 983. The fourth-order valence-electron chi connectivity index (χ4n) is 2.51. The largest absolute Gasteiger partial charge is 0.508 e. The summed E-state index contributed by atoms with van der Waals surface area (Å²) in [5.41, 5.74) is 3.47. The molecule has 0 aliphatic rings. The molecule has 0 radical (unpaired) electrons. The number of aromatic hydroxyl groups is 2. The molecule has 0 aliphatic heterocycles. The highest BCUT2D eigenvalue weighted by atomic mass is 35.5. The average Bonchev–Trinajstić information content (AvgIpc) is 2.93. The first-order valence-electron chi connectivity index (χ1n) is 7.14. The molecule has 0 aliphatic carbocycles. The van der Waals surface area contributed by atoms with Crippen LogP contribution in [0.3, 0.4) is 0 Å². The minimum absolute atomic E-state index is 0. The lowest BCUT2D eigenvalue weighted by molar-refractivity contribution is 0.450. The molecule has 2 heterocycles. The van der Waals surface area contributed by atoms with E-state index in [2.05, 4.69) is 9.97 Å². The Morgan fingerprint density at radius 1 is 0.833 bits per heavy atom. The lowest BCUT2D eigenvalue weighted by atomic mass is 10.1. The van der Waals surface area contributed by atoms with Crippen LogP contribution in [0.4, 0.5) is 0 Å². The molecule has 6 heteroatoms. The average molecular weight is 340 g/mol. The predicted molar refractivity (Wildman–Crippen MR) is 94.4 cm³/mol. The van der Waals surface area contributed by atoms with Gasteiger partial charge in [0.15, 0.2) is 5.65 Å². The third-order valence-electron chi connectivity index (χ3n) is 3.69.